The molecule has 8 heteroatoms. The summed E-state index contributed by atoms with van der Waals surface area (Å²) < 4.78 is 13.9. The largest absolute Gasteiger partial charge is 0.507 e. The van der Waals surface area contributed by atoms with Crippen LogP contribution >= 0.6 is 0 Å². The number of rotatable bonds is 37. The van der Waals surface area contributed by atoms with Gasteiger partial charge in [0.15, 0.2) is 0 Å². The minimum Gasteiger partial charge on any atom is -0.507 e. The number of unbranched alkanes of at least 4 members (excludes halogenated alkanes) is 21. The van der Waals surface area contributed by atoms with Crippen molar-refractivity contribution in [2.45, 2.75) is 154 Å². The van der Waals surface area contributed by atoms with Gasteiger partial charge in [0.1, 0.15) is 23.0 Å². The summed E-state index contributed by atoms with van der Waals surface area (Å²) in [6.07, 6.45) is 33.7. The third-order valence-corrected chi connectivity index (χ3v) is 10.8. The number of quaternary nitrogens is 2. The monoisotopic (exact) mass is 809 g/mol. The van der Waals surface area contributed by atoms with Gasteiger partial charge in [-0.25, -0.2) is 0 Å². The first kappa shape index (κ1) is 51.0. The Morgan fingerprint density at radius 2 is 0.707 bits per heavy atom. The molecular weight excluding hydrogens is 721 g/mol. The highest BCUT2D eigenvalue weighted by Crippen LogP contribution is 2.24. The molecule has 0 atom stereocenters. The van der Waals surface area contributed by atoms with Crippen molar-refractivity contribution in [1.82, 2.24) is 0 Å². The molecule has 0 amide bonds. The molecule has 2 N–H and O–H groups in total. The van der Waals surface area contributed by atoms with Crippen LogP contribution in [-0.2, 0) is 0 Å². The molecule has 0 saturated heterocycles. The first-order chi connectivity index (χ1) is 27.9. The molecule has 0 spiro atoms. The van der Waals surface area contributed by atoms with E-state index in [9.17, 15) is 10.2 Å². The van der Waals surface area contributed by atoms with Crippen LogP contribution < -0.4 is 9.47 Å². The standard InChI is InChI=1S/C50H86N4O4/c1-53(2,3)37-27-21-15-11-7-9-13-17-23-29-39-57-47-33-31-45(49(55)41-47)43-51-35-25-19-20-26-36-52-44-46-32-34-48(42-50(46)56)58-40-30-24-18-14-10-8-12-16-22-28-38-54(4,5)6/h31-34,41-44H,7-30,35-40H2,1-6H3/p+2. The molecule has 0 fully saturated rings. The van der Waals surface area contributed by atoms with E-state index in [0.717, 1.165) is 71.7 Å². The van der Waals surface area contributed by atoms with Gasteiger partial charge in [0.25, 0.3) is 0 Å². The lowest BCUT2D eigenvalue weighted by molar-refractivity contribution is -0.870. The third kappa shape index (κ3) is 29.2. The van der Waals surface area contributed by atoms with Crippen LogP contribution in [0.1, 0.15) is 165 Å². The fraction of sp³-hybridized carbons (Fsp3) is 0.720. The molecule has 0 saturated carbocycles. The highest BCUT2D eigenvalue weighted by Gasteiger charge is 2.07. The van der Waals surface area contributed by atoms with E-state index < -0.39 is 0 Å². The highest BCUT2D eigenvalue weighted by molar-refractivity contribution is 5.84. The van der Waals surface area contributed by atoms with Crippen LogP contribution in [0.2, 0.25) is 0 Å². The Balaban J connectivity index is 1.43. The fourth-order valence-corrected chi connectivity index (χ4v) is 7.12. The maximum absolute atomic E-state index is 10.5. The van der Waals surface area contributed by atoms with Crippen molar-refractivity contribution in [1.29, 1.82) is 0 Å². The summed E-state index contributed by atoms with van der Waals surface area (Å²) in [5.41, 5.74) is 1.45. The van der Waals surface area contributed by atoms with Crippen molar-refractivity contribution in [3.8, 4) is 23.0 Å². The average Bonchev–Trinajstić information content (AvgIpc) is 3.16. The number of phenols is 2. The van der Waals surface area contributed by atoms with Crippen LogP contribution in [0.5, 0.6) is 23.0 Å². The Labute approximate surface area is 356 Å². The SMILES string of the molecule is C[N+](C)(C)CCCCCCCCCCCCOc1ccc(C=NCCCCCCN=Cc2ccc(OCCCCCCCCCCCC[N+](C)(C)C)cc2O)c(O)c1. The Morgan fingerprint density at radius 1 is 0.414 bits per heavy atom. The van der Waals surface area contributed by atoms with Crippen LogP contribution in [-0.4, -0.2) is 113 Å². The molecule has 0 aliphatic carbocycles. The lowest BCUT2D eigenvalue weighted by Gasteiger charge is -2.23. The number of hydrogen-bond donors (Lipinski definition) is 2. The lowest BCUT2D eigenvalue weighted by atomic mass is 10.1. The van der Waals surface area contributed by atoms with E-state index in [-0.39, 0.29) is 11.5 Å². The fourth-order valence-electron chi connectivity index (χ4n) is 7.12. The van der Waals surface area contributed by atoms with Crippen molar-refractivity contribution in [3.63, 3.8) is 0 Å². The number of nitrogens with zero attached hydrogens (tertiary/aromatic N) is 4. The summed E-state index contributed by atoms with van der Waals surface area (Å²) in [6, 6.07) is 11.0. The number of aliphatic imine (C=N–C) groups is 2. The summed E-state index contributed by atoms with van der Waals surface area (Å²) in [5, 5.41) is 20.9. The number of benzene rings is 2. The van der Waals surface area contributed by atoms with E-state index in [0.29, 0.717) is 24.7 Å². The molecule has 58 heavy (non-hydrogen) atoms. The summed E-state index contributed by atoms with van der Waals surface area (Å²) in [4.78, 5) is 9.06. The molecule has 0 heterocycles. The first-order valence-electron chi connectivity index (χ1n) is 23.5. The summed E-state index contributed by atoms with van der Waals surface area (Å²) in [7, 11) is 13.6. The zero-order valence-corrected chi connectivity index (χ0v) is 38.3. The normalized spacial score (nSPS) is 12.3. The van der Waals surface area contributed by atoms with Gasteiger partial charge < -0.3 is 28.7 Å². The van der Waals surface area contributed by atoms with Crippen LogP contribution in [0.4, 0.5) is 0 Å². The first-order valence-corrected chi connectivity index (χ1v) is 23.5. The molecular formula is C50H88N4O4+2. The van der Waals surface area contributed by atoms with Gasteiger partial charge in [0.2, 0.25) is 0 Å². The minimum atomic E-state index is 0.212. The van der Waals surface area contributed by atoms with Crippen LogP contribution in [0, 0.1) is 0 Å². The average molecular weight is 809 g/mol. The molecule has 0 aliphatic rings. The van der Waals surface area contributed by atoms with E-state index in [4.69, 9.17) is 9.47 Å². The van der Waals surface area contributed by atoms with E-state index in [2.05, 4.69) is 52.3 Å². The lowest BCUT2D eigenvalue weighted by Crippen LogP contribution is -2.35. The van der Waals surface area contributed by atoms with Gasteiger partial charge in [-0.2, -0.15) is 0 Å². The number of hydrogen-bond acceptors (Lipinski definition) is 6. The van der Waals surface area contributed by atoms with Crippen LogP contribution in [0.15, 0.2) is 46.4 Å². The van der Waals surface area contributed by atoms with Gasteiger partial charge in [-0.05, 0) is 75.6 Å². The predicted octanol–water partition coefficient (Wildman–Crippen LogP) is 12.2. The van der Waals surface area contributed by atoms with E-state index in [1.54, 1.807) is 24.6 Å². The van der Waals surface area contributed by atoms with Gasteiger partial charge >= 0.3 is 0 Å². The molecule has 2 aromatic carbocycles. The van der Waals surface area contributed by atoms with Crippen molar-refractivity contribution >= 4 is 12.4 Å². The van der Waals surface area contributed by atoms with Crippen LogP contribution in [0.3, 0.4) is 0 Å². The Bertz CT molecular complexity index is 1260. The zero-order valence-electron chi connectivity index (χ0n) is 38.3. The maximum Gasteiger partial charge on any atom is 0.128 e. The van der Waals surface area contributed by atoms with Gasteiger partial charge in [-0.3, -0.25) is 9.98 Å². The Hall–Kier alpha value is -3.10. The second kappa shape index (κ2) is 31.8. The van der Waals surface area contributed by atoms with E-state index in [1.807, 2.05) is 24.3 Å². The molecule has 0 bridgehead atoms. The molecule has 330 valence electrons. The van der Waals surface area contributed by atoms with Crippen LogP contribution in [0.25, 0.3) is 0 Å². The quantitative estimate of drug-likeness (QED) is 0.0404. The van der Waals surface area contributed by atoms with Crippen molar-refractivity contribution in [3.05, 3.63) is 47.5 Å². The molecule has 0 aromatic heterocycles. The molecule has 2 aromatic rings. The van der Waals surface area contributed by atoms with Crippen molar-refractivity contribution in [2.24, 2.45) is 9.98 Å². The van der Waals surface area contributed by atoms with E-state index in [1.165, 1.54) is 129 Å². The Morgan fingerprint density at radius 3 is 1.02 bits per heavy atom. The minimum absolute atomic E-state index is 0.212. The Kier molecular flexibility index (Phi) is 28.0. The third-order valence-electron chi connectivity index (χ3n) is 10.8. The smallest absolute Gasteiger partial charge is 0.128 e. The van der Waals surface area contributed by atoms with E-state index >= 15 is 0 Å². The number of phenolic OH excluding ortho intramolecular Hbond substituents is 2. The number of ether oxygens (including phenoxy) is 2. The second-order valence-corrected chi connectivity index (χ2v) is 18.7. The summed E-state index contributed by atoms with van der Waals surface area (Å²) >= 11 is 0. The predicted molar refractivity (Wildman–Crippen MR) is 249 cm³/mol. The second-order valence-electron chi connectivity index (χ2n) is 18.7. The summed E-state index contributed by atoms with van der Waals surface area (Å²) in [6.45, 7) is 5.40. The topological polar surface area (TPSA) is 83.6 Å². The molecule has 0 radical (unpaired) electrons. The van der Waals surface area contributed by atoms with Crippen molar-refractivity contribution in [2.75, 3.05) is 81.7 Å². The molecule has 8 nitrogen and oxygen atoms in total. The van der Waals surface area contributed by atoms with Gasteiger partial charge in [-0.1, -0.05) is 103 Å². The molecule has 2 rings (SSSR count). The maximum atomic E-state index is 10.5. The van der Waals surface area contributed by atoms with Gasteiger partial charge in [0.05, 0.1) is 68.6 Å². The molecule has 0 aliphatic heterocycles. The molecule has 0 unspecified atom stereocenters. The zero-order chi connectivity index (χ0) is 42.2. The highest BCUT2D eigenvalue weighted by atomic mass is 16.5. The van der Waals surface area contributed by atoms with Gasteiger partial charge in [0, 0.05) is 48.8 Å². The van der Waals surface area contributed by atoms with Crippen molar-refractivity contribution < 1.29 is 28.7 Å². The van der Waals surface area contributed by atoms with Gasteiger partial charge in [-0.15, -0.1) is 0 Å². The number of aromatic hydroxyl groups is 2. The summed E-state index contributed by atoms with van der Waals surface area (Å²) in [5.74, 6) is 1.86.